The van der Waals surface area contributed by atoms with Crippen LogP contribution in [0.4, 0.5) is 17.2 Å². The van der Waals surface area contributed by atoms with Crippen molar-refractivity contribution < 1.29 is 0 Å². The number of benzene rings is 1. The molecule has 0 fully saturated rings. The monoisotopic (exact) mass is 200 g/mol. The molecule has 0 spiro atoms. The van der Waals surface area contributed by atoms with Crippen molar-refractivity contribution in [1.29, 1.82) is 0 Å². The maximum atomic E-state index is 5.58. The summed E-state index contributed by atoms with van der Waals surface area (Å²) in [5.74, 6) is 0.727. The van der Waals surface area contributed by atoms with Gasteiger partial charge in [-0.3, -0.25) is 0 Å². The van der Waals surface area contributed by atoms with Gasteiger partial charge < -0.3 is 11.1 Å². The van der Waals surface area contributed by atoms with Crippen LogP contribution in [0.25, 0.3) is 0 Å². The van der Waals surface area contributed by atoms with Crippen molar-refractivity contribution >= 4 is 17.2 Å². The second-order valence-electron chi connectivity index (χ2n) is 3.31. The van der Waals surface area contributed by atoms with E-state index in [2.05, 4.69) is 15.5 Å². The summed E-state index contributed by atoms with van der Waals surface area (Å²) < 4.78 is 0. The second-order valence-corrected chi connectivity index (χ2v) is 3.31. The van der Waals surface area contributed by atoms with E-state index in [0.717, 1.165) is 22.9 Å². The molecule has 15 heavy (non-hydrogen) atoms. The Balaban J connectivity index is 2.15. The smallest absolute Gasteiger partial charge is 0.153 e. The molecule has 0 radical (unpaired) electrons. The van der Waals surface area contributed by atoms with E-state index in [-0.39, 0.29) is 0 Å². The van der Waals surface area contributed by atoms with Crippen molar-refractivity contribution in [3.8, 4) is 0 Å². The Morgan fingerprint density at radius 1 is 1.00 bits per heavy atom. The van der Waals surface area contributed by atoms with Crippen LogP contribution in [-0.2, 0) is 0 Å². The number of hydrogen-bond acceptors (Lipinski definition) is 4. The van der Waals surface area contributed by atoms with Crippen molar-refractivity contribution in [2.75, 3.05) is 11.1 Å². The van der Waals surface area contributed by atoms with Crippen LogP contribution in [0.15, 0.2) is 36.4 Å². The molecular formula is C11H12N4. The van der Waals surface area contributed by atoms with Crippen LogP contribution >= 0.6 is 0 Å². The normalized spacial score (nSPS) is 9.93. The average Bonchev–Trinajstić information content (AvgIpc) is 2.25. The van der Waals surface area contributed by atoms with Crippen LogP contribution in [0, 0.1) is 6.92 Å². The number of nitrogens with two attached hydrogens (primary N) is 1. The van der Waals surface area contributed by atoms with Gasteiger partial charge in [0, 0.05) is 11.4 Å². The van der Waals surface area contributed by atoms with E-state index in [0.29, 0.717) is 0 Å². The fraction of sp³-hybridized carbons (Fsp3) is 0.0909. The van der Waals surface area contributed by atoms with Gasteiger partial charge in [0.1, 0.15) is 0 Å². The molecule has 0 saturated heterocycles. The Hall–Kier alpha value is -2.10. The number of rotatable bonds is 2. The number of aryl methyl sites for hydroxylation is 1. The predicted octanol–water partition coefficient (Wildman–Crippen LogP) is 2.11. The molecule has 0 amide bonds. The third-order valence-electron chi connectivity index (χ3n) is 1.98. The molecule has 1 aromatic carbocycles. The summed E-state index contributed by atoms with van der Waals surface area (Å²) in [6, 6.07) is 11.3. The van der Waals surface area contributed by atoms with Crippen LogP contribution in [0.2, 0.25) is 0 Å². The van der Waals surface area contributed by atoms with E-state index in [1.165, 1.54) is 0 Å². The van der Waals surface area contributed by atoms with Gasteiger partial charge in [0.15, 0.2) is 5.82 Å². The van der Waals surface area contributed by atoms with Gasteiger partial charge in [-0.05, 0) is 43.3 Å². The van der Waals surface area contributed by atoms with Gasteiger partial charge in [0.05, 0.1) is 5.69 Å². The van der Waals surface area contributed by atoms with Gasteiger partial charge >= 0.3 is 0 Å². The minimum absolute atomic E-state index is 0.727. The van der Waals surface area contributed by atoms with E-state index in [1.807, 2.05) is 43.3 Å². The van der Waals surface area contributed by atoms with E-state index in [4.69, 9.17) is 5.73 Å². The van der Waals surface area contributed by atoms with Crippen LogP contribution in [0.3, 0.4) is 0 Å². The fourth-order valence-electron chi connectivity index (χ4n) is 1.18. The first kappa shape index (κ1) is 9.45. The highest BCUT2D eigenvalue weighted by Gasteiger charge is 1.95. The molecule has 0 unspecified atom stereocenters. The molecule has 0 atom stereocenters. The van der Waals surface area contributed by atoms with Crippen molar-refractivity contribution in [3.05, 3.63) is 42.1 Å². The molecule has 4 heteroatoms. The third kappa shape index (κ3) is 2.43. The van der Waals surface area contributed by atoms with E-state index in [1.54, 1.807) is 0 Å². The van der Waals surface area contributed by atoms with Crippen LogP contribution in [0.5, 0.6) is 0 Å². The molecule has 2 rings (SSSR count). The van der Waals surface area contributed by atoms with E-state index < -0.39 is 0 Å². The van der Waals surface area contributed by atoms with Crippen molar-refractivity contribution in [2.24, 2.45) is 0 Å². The maximum absolute atomic E-state index is 5.58. The molecule has 0 aliphatic rings. The standard InChI is InChI=1S/C11H12N4/c1-8-2-7-11(15-14-8)13-10-5-3-9(12)4-6-10/h2-7H,12H2,1H3,(H,13,15). The fourth-order valence-corrected chi connectivity index (χ4v) is 1.18. The summed E-state index contributed by atoms with van der Waals surface area (Å²) in [4.78, 5) is 0. The quantitative estimate of drug-likeness (QED) is 0.729. The lowest BCUT2D eigenvalue weighted by Gasteiger charge is -2.04. The minimum Gasteiger partial charge on any atom is -0.399 e. The topological polar surface area (TPSA) is 63.8 Å². The molecule has 0 aliphatic heterocycles. The molecule has 3 N–H and O–H groups in total. The Morgan fingerprint density at radius 2 is 1.73 bits per heavy atom. The first-order valence-electron chi connectivity index (χ1n) is 4.67. The zero-order valence-electron chi connectivity index (χ0n) is 8.44. The largest absolute Gasteiger partial charge is 0.399 e. The number of aromatic nitrogens is 2. The lowest BCUT2D eigenvalue weighted by atomic mass is 10.3. The first-order chi connectivity index (χ1) is 7.24. The maximum Gasteiger partial charge on any atom is 0.153 e. The zero-order chi connectivity index (χ0) is 10.7. The Morgan fingerprint density at radius 3 is 2.33 bits per heavy atom. The predicted molar refractivity (Wildman–Crippen MR) is 60.9 cm³/mol. The lowest BCUT2D eigenvalue weighted by molar-refractivity contribution is 0.986. The SMILES string of the molecule is Cc1ccc(Nc2ccc(N)cc2)nn1. The van der Waals surface area contributed by atoms with Crippen molar-refractivity contribution in [3.63, 3.8) is 0 Å². The number of nitrogen functional groups attached to an aromatic ring is 1. The molecule has 1 aromatic heterocycles. The van der Waals surface area contributed by atoms with Crippen molar-refractivity contribution in [1.82, 2.24) is 10.2 Å². The summed E-state index contributed by atoms with van der Waals surface area (Å²) in [6.45, 7) is 1.90. The third-order valence-corrected chi connectivity index (χ3v) is 1.98. The van der Waals surface area contributed by atoms with Gasteiger partial charge in [-0.25, -0.2) is 0 Å². The highest BCUT2D eigenvalue weighted by Crippen LogP contribution is 2.15. The summed E-state index contributed by atoms with van der Waals surface area (Å²) in [6.07, 6.45) is 0. The zero-order valence-corrected chi connectivity index (χ0v) is 8.44. The molecule has 4 nitrogen and oxygen atoms in total. The number of nitrogens with one attached hydrogen (secondary N) is 1. The van der Waals surface area contributed by atoms with Gasteiger partial charge in [0.25, 0.3) is 0 Å². The summed E-state index contributed by atoms with van der Waals surface area (Å²) >= 11 is 0. The highest BCUT2D eigenvalue weighted by atomic mass is 15.2. The molecule has 0 bridgehead atoms. The van der Waals surface area contributed by atoms with Gasteiger partial charge in [-0.2, -0.15) is 5.10 Å². The lowest BCUT2D eigenvalue weighted by Crippen LogP contribution is -1.96. The van der Waals surface area contributed by atoms with Crippen LogP contribution in [-0.4, -0.2) is 10.2 Å². The number of hydrogen-bond donors (Lipinski definition) is 2. The molecule has 0 aliphatic carbocycles. The Labute approximate surface area is 88.2 Å². The molecule has 1 heterocycles. The van der Waals surface area contributed by atoms with Crippen LogP contribution < -0.4 is 11.1 Å². The molecule has 0 saturated carbocycles. The second kappa shape index (κ2) is 3.96. The Bertz CT molecular complexity index is 390. The number of nitrogens with zero attached hydrogens (tertiary/aromatic N) is 2. The van der Waals surface area contributed by atoms with Crippen LogP contribution in [0.1, 0.15) is 5.69 Å². The van der Waals surface area contributed by atoms with E-state index in [9.17, 15) is 0 Å². The summed E-state index contributed by atoms with van der Waals surface area (Å²) in [5.41, 5.74) is 8.18. The van der Waals surface area contributed by atoms with Gasteiger partial charge in [-0.1, -0.05) is 0 Å². The summed E-state index contributed by atoms with van der Waals surface area (Å²) in [5, 5.41) is 11.1. The van der Waals surface area contributed by atoms with Crippen molar-refractivity contribution in [2.45, 2.75) is 6.92 Å². The average molecular weight is 200 g/mol. The molecule has 2 aromatic rings. The van der Waals surface area contributed by atoms with E-state index >= 15 is 0 Å². The highest BCUT2D eigenvalue weighted by molar-refractivity contribution is 5.58. The number of anilines is 3. The Kier molecular flexibility index (Phi) is 2.49. The molecule has 76 valence electrons. The summed E-state index contributed by atoms with van der Waals surface area (Å²) in [7, 11) is 0. The minimum atomic E-state index is 0.727. The first-order valence-corrected chi connectivity index (χ1v) is 4.67. The van der Waals surface area contributed by atoms with Gasteiger partial charge in [-0.15, -0.1) is 5.10 Å². The molecular weight excluding hydrogens is 188 g/mol. The van der Waals surface area contributed by atoms with Gasteiger partial charge in [0.2, 0.25) is 0 Å².